The predicted octanol–water partition coefficient (Wildman–Crippen LogP) is 3.19. The molecule has 1 aromatic carbocycles. The van der Waals surface area contributed by atoms with Gasteiger partial charge in [0.15, 0.2) is 0 Å². The summed E-state index contributed by atoms with van der Waals surface area (Å²) in [5, 5.41) is 2.55. The van der Waals surface area contributed by atoms with Crippen LogP contribution in [0.15, 0.2) is 24.3 Å². The number of benzene rings is 1. The van der Waals surface area contributed by atoms with Crippen LogP contribution in [0.5, 0.6) is 0 Å². The van der Waals surface area contributed by atoms with Crippen molar-refractivity contribution in [3.63, 3.8) is 0 Å². The molecule has 0 aliphatic rings. The highest BCUT2D eigenvalue weighted by Crippen LogP contribution is 2.29. The van der Waals surface area contributed by atoms with Gasteiger partial charge in [-0.25, -0.2) is 0 Å². The fourth-order valence-electron chi connectivity index (χ4n) is 2.30. The predicted molar refractivity (Wildman–Crippen MR) is 85.0 cm³/mol. The Morgan fingerprint density at radius 2 is 1.75 bits per heavy atom. The molecule has 1 rings (SSSR count). The normalized spacial score (nSPS) is 12.7. The number of carbonyl (C=O) groups is 2. The van der Waals surface area contributed by atoms with Crippen molar-refractivity contribution in [1.29, 1.82) is 0 Å². The molecule has 0 saturated heterocycles. The van der Waals surface area contributed by atoms with E-state index in [0.29, 0.717) is 12.0 Å². The third-order valence-corrected chi connectivity index (χ3v) is 3.67. The summed E-state index contributed by atoms with van der Waals surface area (Å²) in [4.78, 5) is 23.3. The van der Waals surface area contributed by atoms with E-state index in [4.69, 9.17) is 5.73 Å². The zero-order valence-corrected chi connectivity index (χ0v) is 13.7. The first kappa shape index (κ1) is 20.0. The molecular weight excluding hydrogens is 321 g/mol. The molecule has 3 N–H and O–H groups in total. The van der Waals surface area contributed by atoms with Crippen molar-refractivity contribution in [2.45, 2.75) is 57.7 Å². The molecule has 0 bridgehead atoms. The van der Waals surface area contributed by atoms with E-state index in [2.05, 4.69) is 12.2 Å². The van der Waals surface area contributed by atoms with Crippen molar-refractivity contribution in [3.8, 4) is 0 Å². The van der Waals surface area contributed by atoms with E-state index in [1.165, 1.54) is 12.1 Å². The van der Waals surface area contributed by atoms with Gasteiger partial charge in [0.25, 0.3) is 0 Å². The summed E-state index contributed by atoms with van der Waals surface area (Å²) in [6.07, 6.45) is -0.204. The molecule has 24 heavy (non-hydrogen) atoms. The van der Waals surface area contributed by atoms with Crippen LogP contribution in [0.3, 0.4) is 0 Å². The first-order valence-corrected chi connectivity index (χ1v) is 7.99. The van der Waals surface area contributed by atoms with E-state index in [1.807, 2.05) is 0 Å². The van der Waals surface area contributed by atoms with Gasteiger partial charge >= 0.3 is 6.18 Å². The average Bonchev–Trinajstić information content (AvgIpc) is 2.49. The van der Waals surface area contributed by atoms with Gasteiger partial charge in [0.05, 0.1) is 12.0 Å². The Balaban J connectivity index is 2.54. The molecule has 0 fully saturated rings. The van der Waals surface area contributed by atoms with E-state index in [1.54, 1.807) is 0 Å². The first-order valence-electron chi connectivity index (χ1n) is 7.99. The van der Waals surface area contributed by atoms with Crippen LogP contribution < -0.4 is 11.1 Å². The maximum Gasteiger partial charge on any atom is 0.416 e. The molecule has 7 heteroatoms. The molecule has 0 spiro atoms. The molecule has 1 atom stereocenters. The van der Waals surface area contributed by atoms with Gasteiger partial charge in [-0.3, -0.25) is 9.59 Å². The summed E-state index contributed by atoms with van der Waals surface area (Å²) < 4.78 is 37.5. The monoisotopic (exact) mass is 344 g/mol. The smallest absolute Gasteiger partial charge is 0.368 e. The number of halogens is 3. The molecule has 0 unspecified atom stereocenters. The lowest BCUT2D eigenvalue weighted by Gasteiger charge is -2.15. The topological polar surface area (TPSA) is 72.2 Å². The summed E-state index contributed by atoms with van der Waals surface area (Å²) >= 11 is 0. The minimum Gasteiger partial charge on any atom is -0.368 e. The Labute approximate surface area is 139 Å². The van der Waals surface area contributed by atoms with E-state index in [9.17, 15) is 22.8 Å². The third-order valence-electron chi connectivity index (χ3n) is 3.67. The number of hydrogen-bond acceptors (Lipinski definition) is 2. The summed E-state index contributed by atoms with van der Waals surface area (Å²) in [5.74, 6) is -1.04. The maximum atomic E-state index is 12.5. The number of hydrogen-bond donors (Lipinski definition) is 2. The van der Waals surface area contributed by atoms with Gasteiger partial charge in [-0.05, 0) is 24.1 Å². The number of nitrogens with two attached hydrogens (primary N) is 1. The van der Waals surface area contributed by atoms with Gasteiger partial charge in [-0.2, -0.15) is 13.2 Å². The van der Waals surface area contributed by atoms with Crippen LogP contribution in [0.1, 0.15) is 50.2 Å². The van der Waals surface area contributed by atoms with Crippen LogP contribution in [-0.2, 0) is 22.2 Å². The van der Waals surface area contributed by atoms with Crippen molar-refractivity contribution >= 4 is 11.8 Å². The summed E-state index contributed by atoms with van der Waals surface area (Å²) in [5.41, 5.74) is 4.96. The number of amides is 2. The Kier molecular flexibility index (Phi) is 7.74. The molecule has 0 aliphatic heterocycles. The Morgan fingerprint density at radius 1 is 1.12 bits per heavy atom. The quantitative estimate of drug-likeness (QED) is 0.675. The maximum absolute atomic E-state index is 12.5. The van der Waals surface area contributed by atoms with Gasteiger partial charge in [-0.1, -0.05) is 44.7 Å². The van der Waals surface area contributed by atoms with Crippen molar-refractivity contribution in [3.05, 3.63) is 35.4 Å². The van der Waals surface area contributed by atoms with Crippen LogP contribution >= 0.6 is 0 Å². The standard InChI is InChI=1S/C17H23F3N2O2/c1-2-3-4-5-6-14(16(21)24)22-15(23)11-12-7-9-13(10-8-12)17(18,19)20/h7-10,14H,2-6,11H2,1H3,(H2,21,24)(H,22,23)/t14-/m0/s1. The molecule has 0 heterocycles. The highest BCUT2D eigenvalue weighted by Gasteiger charge is 2.30. The summed E-state index contributed by atoms with van der Waals surface area (Å²) in [7, 11) is 0. The van der Waals surface area contributed by atoms with Gasteiger partial charge in [0, 0.05) is 0 Å². The second-order valence-corrected chi connectivity index (χ2v) is 5.74. The second kappa shape index (κ2) is 9.30. The van der Waals surface area contributed by atoms with Crippen molar-refractivity contribution in [2.24, 2.45) is 5.73 Å². The lowest BCUT2D eigenvalue weighted by Crippen LogP contribution is -2.44. The zero-order chi connectivity index (χ0) is 18.2. The fraction of sp³-hybridized carbons (Fsp3) is 0.529. The van der Waals surface area contributed by atoms with Gasteiger partial charge in [-0.15, -0.1) is 0 Å². The molecule has 0 saturated carbocycles. The minimum absolute atomic E-state index is 0.100. The lowest BCUT2D eigenvalue weighted by molar-refractivity contribution is -0.137. The number of rotatable bonds is 9. The first-order chi connectivity index (χ1) is 11.2. The van der Waals surface area contributed by atoms with Crippen LogP contribution in [0.4, 0.5) is 13.2 Å². The number of nitrogens with one attached hydrogen (secondary N) is 1. The molecule has 0 aliphatic carbocycles. The average molecular weight is 344 g/mol. The fourth-order valence-corrected chi connectivity index (χ4v) is 2.30. The van der Waals surface area contributed by atoms with Crippen LogP contribution in [0, 0.1) is 0 Å². The summed E-state index contributed by atoms with van der Waals surface area (Å²) in [6, 6.07) is 3.62. The van der Waals surface area contributed by atoms with Crippen molar-refractivity contribution in [1.82, 2.24) is 5.32 Å². The van der Waals surface area contributed by atoms with Crippen LogP contribution in [-0.4, -0.2) is 17.9 Å². The SMILES string of the molecule is CCCCCC[C@H](NC(=O)Cc1ccc(C(F)(F)F)cc1)C(N)=O. The highest BCUT2D eigenvalue weighted by molar-refractivity contribution is 5.87. The van der Waals surface area contributed by atoms with Crippen LogP contribution in [0.25, 0.3) is 0 Å². The Hall–Kier alpha value is -2.05. The number of alkyl halides is 3. The van der Waals surface area contributed by atoms with Gasteiger partial charge < -0.3 is 11.1 Å². The van der Waals surface area contributed by atoms with Crippen molar-refractivity contribution in [2.75, 3.05) is 0 Å². The number of unbranched alkanes of at least 4 members (excludes halogenated alkanes) is 3. The molecule has 2 amide bonds. The number of carbonyl (C=O) groups excluding carboxylic acids is 2. The van der Waals surface area contributed by atoms with Gasteiger partial charge in [0.2, 0.25) is 11.8 Å². The number of primary amides is 1. The third kappa shape index (κ3) is 7.02. The lowest BCUT2D eigenvalue weighted by atomic mass is 10.1. The molecule has 0 aromatic heterocycles. The zero-order valence-electron chi connectivity index (χ0n) is 13.7. The molecule has 134 valence electrons. The van der Waals surface area contributed by atoms with E-state index >= 15 is 0 Å². The molecule has 4 nitrogen and oxygen atoms in total. The van der Waals surface area contributed by atoms with Gasteiger partial charge in [0.1, 0.15) is 6.04 Å². The molecular formula is C17H23F3N2O2. The van der Waals surface area contributed by atoms with Crippen LogP contribution in [0.2, 0.25) is 0 Å². The highest BCUT2D eigenvalue weighted by atomic mass is 19.4. The largest absolute Gasteiger partial charge is 0.416 e. The van der Waals surface area contributed by atoms with E-state index in [0.717, 1.165) is 37.8 Å². The molecule has 0 radical (unpaired) electrons. The second-order valence-electron chi connectivity index (χ2n) is 5.74. The van der Waals surface area contributed by atoms with E-state index in [-0.39, 0.29) is 6.42 Å². The Morgan fingerprint density at radius 3 is 2.25 bits per heavy atom. The van der Waals surface area contributed by atoms with E-state index < -0.39 is 29.6 Å². The minimum atomic E-state index is -4.41. The summed E-state index contributed by atoms with van der Waals surface area (Å²) in [6.45, 7) is 2.07. The van der Waals surface area contributed by atoms with Crippen molar-refractivity contribution < 1.29 is 22.8 Å². The molecule has 1 aromatic rings. The Bertz CT molecular complexity index is 542.